The first kappa shape index (κ1) is 11.1. The molecule has 3 rings (SSSR count). The Balaban J connectivity index is 2.06. The Morgan fingerprint density at radius 3 is 2.61 bits per heavy atom. The van der Waals surface area contributed by atoms with E-state index < -0.39 is 6.23 Å². The minimum Gasteiger partial charge on any atom is -0.369 e. The van der Waals surface area contributed by atoms with Gasteiger partial charge in [-0.15, -0.1) is 10.2 Å². The van der Waals surface area contributed by atoms with Gasteiger partial charge in [0.2, 0.25) is 0 Å². The molecule has 0 saturated carbocycles. The number of hydrogen-bond donors (Lipinski definition) is 1. The molecule has 90 valence electrons. The zero-order valence-electron chi connectivity index (χ0n) is 9.12. The molecule has 0 aliphatic carbocycles. The van der Waals surface area contributed by atoms with E-state index in [9.17, 15) is 9.90 Å². The molecular weight excluding hydrogens is 254 g/mol. The lowest BCUT2D eigenvalue weighted by Crippen LogP contribution is -2.28. The van der Waals surface area contributed by atoms with Crippen molar-refractivity contribution in [2.45, 2.75) is 6.23 Å². The summed E-state index contributed by atoms with van der Waals surface area (Å²) < 4.78 is 0. The van der Waals surface area contributed by atoms with E-state index in [2.05, 4.69) is 10.2 Å². The van der Waals surface area contributed by atoms with Gasteiger partial charge in [0.15, 0.2) is 17.2 Å². The highest BCUT2D eigenvalue weighted by Gasteiger charge is 2.37. The summed E-state index contributed by atoms with van der Waals surface area (Å²) in [6, 6.07) is 9.97. The fourth-order valence-corrected chi connectivity index (χ4v) is 2.06. The number of aliphatic hydroxyl groups is 1. The first-order valence-corrected chi connectivity index (χ1v) is 5.66. The van der Waals surface area contributed by atoms with Crippen LogP contribution in [-0.2, 0) is 0 Å². The van der Waals surface area contributed by atoms with Gasteiger partial charge in [-0.05, 0) is 18.2 Å². The second-order valence-corrected chi connectivity index (χ2v) is 4.24. The second kappa shape index (κ2) is 4.04. The normalized spacial score (nSPS) is 18.0. The van der Waals surface area contributed by atoms with Crippen LogP contribution in [0.1, 0.15) is 22.1 Å². The Morgan fingerprint density at radius 1 is 1.17 bits per heavy atom. The van der Waals surface area contributed by atoms with Gasteiger partial charge in [0.05, 0.1) is 0 Å². The van der Waals surface area contributed by atoms with Gasteiger partial charge in [0.25, 0.3) is 5.91 Å². The van der Waals surface area contributed by atoms with Crippen LogP contribution in [0.25, 0.3) is 0 Å². The number of halogens is 1. The van der Waals surface area contributed by atoms with Crippen LogP contribution in [0.15, 0.2) is 36.4 Å². The number of anilines is 1. The molecule has 0 bridgehead atoms. The summed E-state index contributed by atoms with van der Waals surface area (Å²) in [6.45, 7) is 0. The van der Waals surface area contributed by atoms with Gasteiger partial charge < -0.3 is 5.11 Å². The van der Waals surface area contributed by atoms with Crippen molar-refractivity contribution < 1.29 is 9.90 Å². The minimum atomic E-state index is -1.04. The van der Waals surface area contributed by atoms with Gasteiger partial charge in [-0.25, -0.2) is 0 Å². The number of nitrogens with zero attached hydrogens (tertiary/aromatic N) is 3. The highest BCUT2D eigenvalue weighted by Crippen LogP contribution is 2.34. The van der Waals surface area contributed by atoms with Crippen LogP contribution in [0.3, 0.4) is 0 Å². The number of aromatic nitrogens is 2. The largest absolute Gasteiger partial charge is 0.369 e. The van der Waals surface area contributed by atoms with Crippen LogP contribution < -0.4 is 4.90 Å². The van der Waals surface area contributed by atoms with Crippen molar-refractivity contribution in [3.05, 3.63) is 52.7 Å². The summed E-state index contributed by atoms with van der Waals surface area (Å²) in [5, 5.41) is 17.8. The van der Waals surface area contributed by atoms with Gasteiger partial charge in [-0.2, -0.15) is 0 Å². The first-order valence-electron chi connectivity index (χ1n) is 5.28. The molecule has 0 radical (unpaired) electrons. The van der Waals surface area contributed by atoms with Crippen molar-refractivity contribution in [1.82, 2.24) is 10.2 Å². The Morgan fingerprint density at radius 2 is 1.94 bits per heavy atom. The molecule has 1 aliphatic heterocycles. The number of benzene rings is 1. The molecule has 18 heavy (non-hydrogen) atoms. The minimum absolute atomic E-state index is 0.234. The smallest absolute Gasteiger partial charge is 0.262 e. The Labute approximate surface area is 108 Å². The zero-order chi connectivity index (χ0) is 12.7. The number of carbonyl (C=O) groups excluding carboxylic acids is 1. The molecule has 0 saturated heterocycles. The number of rotatable bonds is 1. The lowest BCUT2D eigenvalue weighted by atomic mass is 10.1. The topological polar surface area (TPSA) is 66.3 Å². The van der Waals surface area contributed by atoms with Gasteiger partial charge >= 0.3 is 0 Å². The number of aliphatic hydroxyl groups excluding tert-OH is 1. The third kappa shape index (κ3) is 1.56. The number of fused-ring (bicyclic) bond motifs is 1. The van der Waals surface area contributed by atoms with E-state index in [1.54, 1.807) is 30.3 Å². The molecular formula is C12H8ClN3O2. The van der Waals surface area contributed by atoms with Crippen LogP contribution in [-0.4, -0.2) is 21.2 Å². The molecule has 0 fully saturated rings. The van der Waals surface area contributed by atoms with Crippen LogP contribution in [0.4, 0.5) is 5.82 Å². The third-order valence-electron chi connectivity index (χ3n) is 2.80. The number of carbonyl (C=O) groups is 1. The summed E-state index contributed by atoms with van der Waals surface area (Å²) in [4.78, 5) is 13.3. The van der Waals surface area contributed by atoms with E-state index in [4.69, 9.17) is 11.6 Å². The fraction of sp³-hybridized carbons (Fsp3) is 0.0833. The highest BCUT2D eigenvalue weighted by atomic mass is 35.5. The van der Waals surface area contributed by atoms with Crippen molar-refractivity contribution in [3.8, 4) is 0 Å². The van der Waals surface area contributed by atoms with Crippen molar-refractivity contribution in [3.63, 3.8) is 0 Å². The van der Waals surface area contributed by atoms with Gasteiger partial charge in [-0.3, -0.25) is 9.69 Å². The Kier molecular flexibility index (Phi) is 2.50. The van der Waals surface area contributed by atoms with Gasteiger partial charge in [0.1, 0.15) is 0 Å². The molecule has 2 aromatic rings. The number of hydrogen-bond acceptors (Lipinski definition) is 4. The predicted octanol–water partition coefficient (Wildman–Crippen LogP) is 1.78. The molecule has 1 aromatic heterocycles. The van der Waals surface area contributed by atoms with E-state index >= 15 is 0 Å². The quantitative estimate of drug-likeness (QED) is 0.850. The van der Waals surface area contributed by atoms with E-state index in [1.807, 2.05) is 0 Å². The van der Waals surface area contributed by atoms with Gasteiger partial charge in [-0.1, -0.05) is 29.8 Å². The fourth-order valence-electron chi connectivity index (χ4n) is 1.96. The maximum atomic E-state index is 12.2. The highest BCUT2D eigenvalue weighted by molar-refractivity contribution is 6.29. The molecule has 1 aliphatic rings. The SMILES string of the molecule is O=C1c2ccccc2C(O)N1c1ccc(Cl)nn1. The molecule has 0 spiro atoms. The Bertz CT molecular complexity index is 615. The van der Waals surface area contributed by atoms with Crippen LogP contribution >= 0.6 is 11.6 Å². The lowest BCUT2D eigenvalue weighted by Gasteiger charge is -2.18. The Hall–Kier alpha value is -1.98. The summed E-state index contributed by atoms with van der Waals surface area (Å²) in [5.74, 6) is -0.0252. The van der Waals surface area contributed by atoms with E-state index in [1.165, 1.54) is 11.0 Å². The monoisotopic (exact) mass is 261 g/mol. The predicted molar refractivity (Wildman–Crippen MR) is 65.3 cm³/mol. The van der Waals surface area contributed by atoms with E-state index in [0.29, 0.717) is 11.1 Å². The second-order valence-electron chi connectivity index (χ2n) is 3.85. The first-order chi connectivity index (χ1) is 8.68. The number of amides is 1. The molecule has 1 aromatic carbocycles. The lowest BCUT2D eigenvalue weighted by molar-refractivity contribution is 0.0933. The molecule has 5 nitrogen and oxygen atoms in total. The summed E-state index contributed by atoms with van der Waals surface area (Å²) >= 11 is 5.64. The average Bonchev–Trinajstić information content (AvgIpc) is 2.64. The molecule has 1 N–H and O–H groups in total. The molecule has 1 unspecified atom stereocenters. The van der Waals surface area contributed by atoms with Crippen molar-refractivity contribution >= 4 is 23.3 Å². The van der Waals surface area contributed by atoms with Crippen molar-refractivity contribution in [1.29, 1.82) is 0 Å². The van der Waals surface area contributed by atoms with Crippen LogP contribution in [0, 0.1) is 0 Å². The zero-order valence-corrected chi connectivity index (χ0v) is 9.87. The van der Waals surface area contributed by atoms with Crippen molar-refractivity contribution in [2.24, 2.45) is 0 Å². The maximum Gasteiger partial charge on any atom is 0.262 e. The molecule has 2 heterocycles. The third-order valence-corrected chi connectivity index (χ3v) is 3.00. The average molecular weight is 262 g/mol. The molecule has 6 heteroatoms. The summed E-state index contributed by atoms with van der Waals surface area (Å²) in [7, 11) is 0. The molecule has 1 atom stereocenters. The van der Waals surface area contributed by atoms with Crippen LogP contribution in [0.2, 0.25) is 5.15 Å². The van der Waals surface area contributed by atoms with Gasteiger partial charge in [0, 0.05) is 11.1 Å². The maximum absolute atomic E-state index is 12.2. The van der Waals surface area contributed by atoms with E-state index in [0.717, 1.165) is 0 Å². The van der Waals surface area contributed by atoms with Crippen LogP contribution in [0.5, 0.6) is 0 Å². The molecule has 1 amide bonds. The summed E-state index contributed by atoms with van der Waals surface area (Å²) in [5.41, 5.74) is 1.04. The summed E-state index contributed by atoms with van der Waals surface area (Å²) in [6.07, 6.45) is -1.04. The standard InChI is InChI=1S/C12H8ClN3O2/c13-9-5-6-10(15-14-9)16-11(17)7-3-1-2-4-8(7)12(16)18/h1-6,11,17H. The van der Waals surface area contributed by atoms with Crippen molar-refractivity contribution in [2.75, 3.05) is 4.90 Å². The van der Waals surface area contributed by atoms with E-state index in [-0.39, 0.29) is 16.9 Å².